The summed E-state index contributed by atoms with van der Waals surface area (Å²) >= 11 is 0. The molecule has 3 heterocycles. The summed E-state index contributed by atoms with van der Waals surface area (Å²) in [5.41, 5.74) is 7.47. The molecule has 0 radical (unpaired) electrons. The summed E-state index contributed by atoms with van der Waals surface area (Å²) in [6.07, 6.45) is 4.10. The molecule has 2 N–H and O–H groups in total. The molecule has 1 aromatic heterocycles. The van der Waals surface area contributed by atoms with Gasteiger partial charge in [0.05, 0.1) is 11.8 Å². The van der Waals surface area contributed by atoms with E-state index in [0.717, 1.165) is 62.5 Å². The van der Waals surface area contributed by atoms with Crippen molar-refractivity contribution in [2.24, 2.45) is 0 Å². The molecule has 36 heavy (non-hydrogen) atoms. The first-order valence-corrected chi connectivity index (χ1v) is 13.4. The quantitative estimate of drug-likeness (QED) is 0.520. The molecule has 2 aliphatic heterocycles. The first-order valence-electron chi connectivity index (χ1n) is 13.4. The molecule has 3 aromatic rings. The maximum atomic E-state index is 10.6. The van der Waals surface area contributed by atoms with Crippen molar-refractivity contribution in [2.75, 3.05) is 29.4 Å². The van der Waals surface area contributed by atoms with E-state index in [2.05, 4.69) is 89.4 Å². The van der Waals surface area contributed by atoms with E-state index < -0.39 is 6.10 Å². The number of nitrogens with one attached hydrogen (secondary N) is 1. The number of aromatic nitrogens is 2. The van der Waals surface area contributed by atoms with Gasteiger partial charge in [-0.25, -0.2) is 9.97 Å². The van der Waals surface area contributed by atoms with Crippen molar-refractivity contribution < 1.29 is 5.11 Å². The summed E-state index contributed by atoms with van der Waals surface area (Å²) in [7, 11) is 0. The predicted molar refractivity (Wildman–Crippen MR) is 145 cm³/mol. The molecule has 3 aliphatic rings. The van der Waals surface area contributed by atoms with Crippen LogP contribution in [-0.2, 0) is 12.0 Å². The average molecular weight is 484 g/mol. The lowest BCUT2D eigenvalue weighted by Gasteiger charge is -2.37. The summed E-state index contributed by atoms with van der Waals surface area (Å²) in [5, 5.41) is 14.2. The van der Waals surface area contributed by atoms with Crippen LogP contribution in [0.15, 0.2) is 54.9 Å². The molecule has 6 nitrogen and oxygen atoms in total. The molecule has 1 spiro atoms. The number of benzene rings is 2. The van der Waals surface area contributed by atoms with Crippen LogP contribution < -0.4 is 15.1 Å². The first-order chi connectivity index (χ1) is 17.5. The lowest BCUT2D eigenvalue weighted by atomic mass is 9.73. The van der Waals surface area contributed by atoms with Gasteiger partial charge in [-0.1, -0.05) is 37.3 Å². The van der Waals surface area contributed by atoms with Gasteiger partial charge in [0.2, 0.25) is 0 Å². The fourth-order valence-electron chi connectivity index (χ4n) is 6.82. The van der Waals surface area contributed by atoms with E-state index in [4.69, 9.17) is 4.98 Å². The number of hydrogen-bond donors (Lipinski definition) is 2. The van der Waals surface area contributed by atoms with Crippen molar-refractivity contribution in [3.05, 3.63) is 77.2 Å². The Morgan fingerprint density at radius 2 is 1.86 bits per heavy atom. The van der Waals surface area contributed by atoms with E-state index in [-0.39, 0.29) is 11.3 Å². The van der Waals surface area contributed by atoms with Crippen LogP contribution in [0.4, 0.5) is 17.2 Å². The zero-order chi connectivity index (χ0) is 24.9. The lowest BCUT2D eigenvalue weighted by molar-refractivity contribution is 0.170. The minimum absolute atomic E-state index is 0.0921. The van der Waals surface area contributed by atoms with E-state index in [1.54, 1.807) is 6.33 Å². The molecule has 6 heteroatoms. The fraction of sp³-hybridized carbons (Fsp3) is 0.467. The van der Waals surface area contributed by atoms with Crippen LogP contribution in [0.3, 0.4) is 0 Å². The van der Waals surface area contributed by atoms with Crippen LogP contribution >= 0.6 is 0 Å². The van der Waals surface area contributed by atoms with E-state index in [9.17, 15) is 5.11 Å². The minimum Gasteiger partial charge on any atom is -0.387 e. The highest BCUT2D eigenvalue weighted by Crippen LogP contribution is 2.53. The third kappa shape index (κ3) is 3.78. The number of para-hydroxylation sites is 1. The van der Waals surface area contributed by atoms with Crippen LogP contribution in [0, 0.1) is 0 Å². The van der Waals surface area contributed by atoms with Gasteiger partial charge in [0.1, 0.15) is 12.1 Å². The molecule has 188 valence electrons. The smallest absolute Gasteiger partial charge is 0.140 e. The summed E-state index contributed by atoms with van der Waals surface area (Å²) in [6, 6.07) is 18.0. The highest BCUT2D eigenvalue weighted by molar-refractivity contribution is 5.75. The molecular formula is C30H37N5O. The number of rotatable bonds is 5. The van der Waals surface area contributed by atoms with Gasteiger partial charge in [-0.3, -0.25) is 0 Å². The highest BCUT2D eigenvalue weighted by Gasteiger charge is 2.47. The SMILES string of the molecule is CC(C)N(Cc1cccc2c1C1(CCNCC1)CN2c1ncnc2c1[C@H](C)C[C@H]2O)c1ccccc1. The first kappa shape index (κ1) is 23.4. The second-order valence-electron chi connectivity index (χ2n) is 11.1. The third-order valence-electron chi connectivity index (χ3n) is 8.56. The van der Waals surface area contributed by atoms with E-state index in [1.807, 2.05) is 0 Å². The van der Waals surface area contributed by atoms with Crippen molar-refractivity contribution in [2.45, 2.75) is 70.1 Å². The van der Waals surface area contributed by atoms with Crippen LogP contribution in [-0.4, -0.2) is 40.8 Å². The topological polar surface area (TPSA) is 64.5 Å². The zero-order valence-corrected chi connectivity index (χ0v) is 21.6. The Morgan fingerprint density at radius 1 is 1.08 bits per heavy atom. The molecule has 1 aliphatic carbocycles. The Balaban J connectivity index is 1.47. The fourth-order valence-corrected chi connectivity index (χ4v) is 6.82. The highest BCUT2D eigenvalue weighted by atomic mass is 16.3. The average Bonchev–Trinajstić information content (AvgIpc) is 3.37. The number of aliphatic hydroxyl groups excluding tert-OH is 1. The molecule has 0 saturated carbocycles. The van der Waals surface area contributed by atoms with Crippen LogP contribution in [0.2, 0.25) is 0 Å². The Kier molecular flexibility index (Phi) is 5.97. The number of nitrogens with zero attached hydrogens (tertiary/aromatic N) is 4. The molecular weight excluding hydrogens is 446 g/mol. The van der Waals surface area contributed by atoms with Crippen LogP contribution in [0.1, 0.15) is 74.4 Å². The van der Waals surface area contributed by atoms with Crippen LogP contribution in [0.25, 0.3) is 0 Å². The largest absolute Gasteiger partial charge is 0.387 e. The molecule has 1 saturated heterocycles. The van der Waals surface area contributed by atoms with Crippen molar-refractivity contribution in [3.8, 4) is 0 Å². The van der Waals surface area contributed by atoms with Gasteiger partial charge in [0.25, 0.3) is 0 Å². The Morgan fingerprint density at radius 3 is 2.61 bits per heavy atom. The summed E-state index contributed by atoms with van der Waals surface area (Å²) in [5.74, 6) is 1.23. The molecule has 1 fully saturated rings. The van der Waals surface area contributed by atoms with E-state index in [1.165, 1.54) is 22.5 Å². The number of aliphatic hydroxyl groups is 1. The van der Waals surface area contributed by atoms with Gasteiger partial charge in [0, 0.05) is 41.5 Å². The maximum Gasteiger partial charge on any atom is 0.140 e. The number of hydrogen-bond acceptors (Lipinski definition) is 6. The van der Waals surface area contributed by atoms with Gasteiger partial charge >= 0.3 is 0 Å². The Labute approximate surface area is 214 Å². The van der Waals surface area contributed by atoms with Crippen molar-refractivity contribution in [1.29, 1.82) is 0 Å². The monoisotopic (exact) mass is 483 g/mol. The van der Waals surface area contributed by atoms with Gasteiger partial charge < -0.3 is 20.2 Å². The second kappa shape index (κ2) is 9.16. The summed E-state index contributed by atoms with van der Waals surface area (Å²) < 4.78 is 0. The van der Waals surface area contributed by atoms with Gasteiger partial charge in [0.15, 0.2) is 0 Å². The number of piperidine rings is 1. The molecule has 0 amide bonds. The predicted octanol–water partition coefficient (Wildman–Crippen LogP) is 5.21. The molecule has 6 rings (SSSR count). The minimum atomic E-state index is -0.497. The lowest BCUT2D eigenvalue weighted by Crippen LogP contribution is -2.43. The molecule has 0 bridgehead atoms. The Hall–Kier alpha value is -2.96. The summed E-state index contributed by atoms with van der Waals surface area (Å²) in [6.45, 7) is 10.6. The normalized spacial score (nSPS) is 22.2. The molecule has 2 aromatic carbocycles. The van der Waals surface area contributed by atoms with Crippen molar-refractivity contribution >= 4 is 17.2 Å². The molecule has 2 atom stereocenters. The third-order valence-corrected chi connectivity index (χ3v) is 8.56. The van der Waals surface area contributed by atoms with E-state index >= 15 is 0 Å². The number of anilines is 3. The van der Waals surface area contributed by atoms with Gasteiger partial charge in [-0.15, -0.1) is 0 Å². The Bertz CT molecular complexity index is 1240. The van der Waals surface area contributed by atoms with E-state index in [0.29, 0.717) is 6.04 Å². The summed E-state index contributed by atoms with van der Waals surface area (Å²) in [4.78, 5) is 14.3. The molecule has 0 unspecified atom stereocenters. The van der Waals surface area contributed by atoms with Crippen molar-refractivity contribution in [1.82, 2.24) is 15.3 Å². The second-order valence-corrected chi connectivity index (χ2v) is 11.1. The standard InChI is InChI=1S/C30H37N5O/c1-20(2)34(23-9-5-4-6-10-23)17-22-8-7-11-24-27(22)30(12-14-31-15-13-30)18-35(24)29-26-21(3)16-25(36)28(26)32-19-33-29/h4-11,19-21,25,31,36H,12-18H2,1-3H3/t21-,25-/m1/s1. The van der Waals surface area contributed by atoms with Crippen molar-refractivity contribution in [3.63, 3.8) is 0 Å². The zero-order valence-electron chi connectivity index (χ0n) is 21.6. The van der Waals surface area contributed by atoms with Gasteiger partial charge in [-0.05, 0) is 81.4 Å². The van der Waals surface area contributed by atoms with Crippen LogP contribution in [0.5, 0.6) is 0 Å². The van der Waals surface area contributed by atoms with Gasteiger partial charge in [-0.2, -0.15) is 0 Å². The maximum absolute atomic E-state index is 10.6. The number of fused-ring (bicyclic) bond motifs is 3.